The molecule has 0 N–H and O–H groups in total. The number of allylic oxidation sites excluding steroid dienone is 1. The highest BCUT2D eigenvalue weighted by Crippen LogP contribution is 2.37. The van der Waals surface area contributed by atoms with E-state index >= 15 is 0 Å². The zero-order chi connectivity index (χ0) is 18.9. The lowest BCUT2D eigenvalue weighted by Crippen LogP contribution is -2.12. The molecule has 0 nitrogen and oxygen atoms in total. The van der Waals surface area contributed by atoms with E-state index in [1.54, 1.807) is 6.07 Å². The van der Waals surface area contributed by atoms with Crippen LogP contribution in [-0.4, -0.2) is 0 Å². The fraction of sp³-hybridized carbons (Fsp3) is 0.333. The van der Waals surface area contributed by atoms with Crippen LogP contribution in [0.2, 0.25) is 0 Å². The Hall–Kier alpha value is -2.35. The summed E-state index contributed by atoms with van der Waals surface area (Å²) in [5.41, 5.74) is -1.53. The minimum Gasteiger partial charge on any atom is -0.206 e. The SMILES string of the molecule is C=CC1CCC(C#Cc2cccc3c(F)c(C(F)(F)F)c(F)cc23)CC1. The van der Waals surface area contributed by atoms with E-state index in [0.717, 1.165) is 31.7 Å². The van der Waals surface area contributed by atoms with Crippen molar-refractivity contribution in [3.05, 3.63) is 59.7 Å². The maximum atomic E-state index is 14.3. The average Bonchev–Trinajstić information content (AvgIpc) is 2.59. The van der Waals surface area contributed by atoms with E-state index in [1.807, 2.05) is 6.08 Å². The molecule has 1 fully saturated rings. The van der Waals surface area contributed by atoms with Crippen LogP contribution >= 0.6 is 0 Å². The van der Waals surface area contributed by atoms with Gasteiger partial charge in [-0.1, -0.05) is 30.0 Å². The van der Waals surface area contributed by atoms with Crippen LogP contribution in [0.1, 0.15) is 36.8 Å². The molecule has 0 aliphatic heterocycles. The van der Waals surface area contributed by atoms with E-state index in [-0.39, 0.29) is 16.7 Å². The first-order valence-corrected chi connectivity index (χ1v) is 8.43. The summed E-state index contributed by atoms with van der Waals surface area (Å²) >= 11 is 0. The Kier molecular flexibility index (Phi) is 5.04. The molecule has 0 atom stereocenters. The van der Waals surface area contributed by atoms with Gasteiger partial charge in [0.1, 0.15) is 17.2 Å². The van der Waals surface area contributed by atoms with Crippen LogP contribution in [-0.2, 0) is 6.18 Å². The molecule has 5 heteroatoms. The fourth-order valence-electron chi connectivity index (χ4n) is 3.40. The first kappa shape index (κ1) is 18.4. The predicted molar refractivity (Wildman–Crippen MR) is 91.4 cm³/mol. The third kappa shape index (κ3) is 3.60. The molecule has 0 amide bonds. The number of fused-ring (bicyclic) bond motifs is 1. The van der Waals surface area contributed by atoms with Crippen LogP contribution < -0.4 is 0 Å². The van der Waals surface area contributed by atoms with Crippen molar-refractivity contribution in [3.63, 3.8) is 0 Å². The smallest absolute Gasteiger partial charge is 0.206 e. The summed E-state index contributed by atoms with van der Waals surface area (Å²) in [7, 11) is 0. The second-order valence-corrected chi connectivity index (χ2v) is 6.56. The van der Waals surface area contributed by atoms with Gasteiger partial charge in [-0.25, -0.2) is 8.78 Å². The number of alkyl halides is 3. The Morgan fingerprint density at radius 3 is 2.35 bits per heavy atom. The van der Waals surface area contributed by atoms with Crippen molar-refractivity contribution < 1.29 is 22.0 Å². The third-order valence-electron chi connectivity index (χ3n) is 4.87. The average molecular weight is 364 g/mol. The Bertz CT molecular complexity index is 890. The lowest BCUT2D eigenvalue weighted by atomic mass is 9.82. The molecule has 0 aromatic heterocycles. The minimum atomic E-state index is -5.09. The Balaban J connectivity index is 1.99. The summed E-state index contributed by atoms with van der Waals surface area (Å²) in [6, 6.07) is 4.93. The van der Waals surface area contributed by atoms with Crippen LogP contribution in [0.3, 0.4) is 0 Å². The standard InChI is InChI=1S/C21H17F5/c1-2-13-6-8-14(9-7-13)10-11-15-4-3-5-16-17(15)12-18(22)19(20(16)23)21(24,25)26/h2-5,12-14H,1,6-9H2. The molecule has 0 heterocycles. The predicted octanol–water partition coefficient (Wildman–Crippen LogP) is 6.48. The van der Waals surface area contributed by atoms with Crippen molar-refractivity contribution in [2.45, 2.75) is 31.9 Å². The van der Waals surface area contributed by atoms with Crippen molar-refractivity contribution in [1.82, 2.24) is 0 Å². The van der Waals surface area contributed by atoms with Crippen molar-refractivity contribution >= 4 is 10.8 Å². The van der Waals surface area contributed by atoms with E-state index in [2.05, 4.69) is 18.4 Å². The Morgan fingerprint density at radius 2 is 1.73 bits per heavy atom. The topological polar surface area (TPSA) is 0 Å². The monoisotopic (exact) mass is 364 g/mol. The van der Waals surface area contributed by atoms with Gasteiger partial charge < -0.3 is 0 Å². The lowest BCUT2D eigenvalue weighted by Gasteiger charge is -2.22. The first-order valence-electron chi connectivity index (χ1n) is 8.43. The summed E-state index contributed by atoms with van der Waals surface area (Å²) in [5.74, 6) is 3.47. The van der Waals surface area contributed by atoms with Gasteiger partial charge in [0.15, 0.2) is 0 Å². The molecular formula is C21H17F5. The maximum absolute atomic E-state index is 14.3. The summed E-state index contributed by atoms with van der Waals surface area (Å²) in [4.78, 5) is 0. The molecule has 0 bridgehead atoms. The van der Waals surface area contributed by atoms with Gasteiger partial charge in [0, 0.05) is 22.3 Å². The molecule has 0 spiro atoms. The van der Waals surface area contributed by atoms with Crippen molar-refractivity contribution in [1.29, 1.82) is 0 Å². The van der Waals surface area contributed by atoms with E-state index in [4.69, 9.17) is 0 Å². The number of hydrogen-bond donors (Lipinski definition) is 0. The summed E-state index contributed by atoms with van der Waals surface area (Å²) in [6.07, 6.45) is 0.671. The van der Waals surface area contributed by atoms with E-state index in [1.165, 1.54) is 12.1 Å². The third-order valence-corrected chi connectivity index (χ3v) is 4.87. The summed E-state index contributed by atoms with van der Waals surface area (Å²) < 4.78 is 66.8. The lowest BCUT2D eigenvalue weighted by molar-refractivity contribution is -0.142. The fourth-order valence-corrected chi connectivity index (χ4v) is 3.40. The normalized spacial score (nSPS) is 20.5. The quantitative estimate of drug-likeness (QED) is 0.309. The molecule has 0 saturated heterocycles. The van der Waals surface area contributed by atoms with Crippen molar-refractivity contribution in [3.8, 4) is 11.8 Å². The summed E-state index contributed by atoms with van der Waals surface area (Å²) in [6.45, 7) is 3.79. The molecule has 136 valence electrons. The van der Waals surface area contributed by atoms with Gasteiger partial charge in [0.25, 0.3) is 0 Å². The molecular weight excluding hydrogens is 347 g/mol. The van der Waals surface area contributed by atoms with Crippen LogP contribution in [0, 0.1) is 35.3 Å². The highest BCUT2D eigenvalue weighted by molar-refractivity contribution is 5.89. The van der Waals surface area contributed by atoms with Gasteiger partial charge in [0.2, 0.25) is 0 Å². The van der Waals surface area contributed by atoms with E-state index in [0.29, 0.717) is 11.5 Å². The molecule has 1 aliphatic rings. The number of rotatable bonds is 1. The van der Waals surface area contributed by atoms with Gasteiger partial charge in [-0.3, -0.25) is 0 Å². The van der Waals surface area contributed by atoms with Gasteiger partial charge in [0.05, 0.1) is 0 Å². The number of hydrogen-bond acceptors (Lipinski definition) is 0. The Labute approximate surface area is 148 Å². The Morgan fingerprint density at radius 1 is 1.04 bits per heavy atom. The van der Waals surface area contributed by atoms with E-state index < -0.39 is 23.4 Å². The van der Waals surface area contributed by atoms with Crippen LogP contribution in [0.25, 0.3) is 10.8 Å². The van der Waals surface area contributed by atoms with Gasteiger partial charge in [-0.15, -0.1) is 6.58 Å². The molecule has 26 heavy (non-hydrogen) atoms. The van der Waals surface area contributed by atoms with Crippen LogP contribution in [0.5, 0.6) is 0 Å². The molecule has 0 unspecified atom stereocenters. The minimum absolute atomic E-state index is 0.0581. The van der Waals surface area contributed by atoms with Crippen LogP contribution in [0.4, 0.5) is 22.0 Å². The van der Waals surface area contributed by atoms with Gasteiger partial charge in [-0.05, 0) is 43.7 Å². The van der Waals surface area contributed by atoms with E-state index in [9.17, 15) is 22.0 Å². The molecule has 1 saturated carbocycles. The highest BCUT2D eigenvalue weighted by atomic mass is 19.4. The highest BCUT2D eigenvalue weighted by Gasteiger charge is 2.38. The molecule has 0 radical (unpaired) electrons. The zero-order valence-corrected chi connectivity index (χ0v) is 14.0. The number of benzene rings is 2. The van der Waals surface area contributed by atoms with Gasteiger partial charge >= 0.3 is 6.18 Å². The largest absolute Gasteiger partial charge is 0.422 e. The van der Waals surface area contributed by atoms with Crippen LogP contribution in [0.15, 0.2) is 36.9 Å². The molecule has 3 rings (SSSR count). The van der Waals surface area contributed by atoms with Crippen molar-refractivity contribution in [2.24, 2.45) is 11.8 Å². The maximum Gasteiger partial charge on any atom is 0.422 e. The second kappa shape index (κ2) is 7.11. The first-order chi connectivity index (χ1) is 12.3. The van der Waals surface area contributed by atoms with Crippen molar-refractivity contribution in [2.75, 3.05) is 0 Å². The molecule has 2 aromatic rings. The van der Waals surface area contributed by atoms with Gasteiger partial charge in [-0.2, -0.15) is 13.2 Å². The number of halogens is 5. The molecule has 2 aromatic carbocycles. The zero-order valence-electron chi connectivity index (χ0n) is 14.0. The summed E-state index contributed by atoms with van der Waals surface area (Å²) in [5, 5.41) is -0.219. The molecule has 1 aliphatic carbocycles. The second-order valence-electron chi connectivity index (χ2n) is 6.56.